The van der Waals surface area contributed by atoms with Gasteiger partial charge < -0.3 is 10.6 Å². The lowest BCUT2D eigenvalue weighted by Gasteiger charge is -2.11. The maximum atomic E-state index is 13.3. The van der Waals surface area contributed by atoms with Gasteiger partial charge in [0.25, 0.3) is 0 Å². The highest BCUT2D eigenvalue weighted by Crippen LogP contribution is 2.26. The van der Waals surface area contributed by atoms with Crippen LogP contribution in [0, 0.1) is 18.3 Å². The quantitative estimate of drug-likeness (QED) is 0.181. The van der Waals surface area contributed by atoms with Gasteiger partial charge in [-0.25, -0.2) is 4.68 Å². The van der Waals surface area contributed by atoms with Gasteiger partial charge in [-0.2, -0.15) is 10.4 Å². The van der Waals surface area contributed by atoms with E-state index in [1.807, 2.05) is 37.3 Å². The Morgan fingerprint density at radius 2 is 1.65 bits per heavy atom. The van der Waals surface area contributed by atoms with E-state index >= 15 is 0 Å². The average Bonchev–Trinajstić information content (AvgIpc) is 3.29. The Hall–Kier alpha value is -3.92. The molecule has 0 saturated heterocycles. The summed E-state index contributed by atoms with van der Waals surface area (Å²) in [5, 5.41) is 22.0. The third kappa shape index (κ3) is 6.85. The van der Waals surface area contributed by atoms with Gasteiger partial charge in [-0.05, 0) is 69.1 Å². The molecule has 1 aromatic heterocycles. The molecule has 6 nitrogen and oxygen atoms in total. The highest BCUT2D eigenvalue weighted by Gasteiger charge is 2.25. The van der Waals surface area contributed by atoms with E-state index in [0.29, 0.717) is 28.6 Å². The molecule has 7 heteroatoms. The number of ketones is 1. The largest absolute Gasteiger partial charge is 0.369 e. The van der Waals surface area contributed by atoms with Crippen molar-refractivity contribution >= 4 is 23.2 Å². The number of anilines is 1. The minimum absolute atomic E-state index is 0.128. The molecule has 0 fully saturated rings. The SMILES string of the molecule is Cc1ccc(C(=O)c2nn(-c3ccc(Cl)cc3)c(NCCCNCCCc3ccccc3)c2C#N)cc1. The van der Waals surface area contributed by atoms with Crippen LogP contribution in [0.5, 0.6) is 0 Å². The second-order valence-corrected chi connectivity index (χ2v) is 9.32. The van der Waals surface area contributed by atoms with E-state index < -0.39 is 0 Å². The summed E-state index contributed by atoms with van der Waals surface area (Å²) in [5.74, 6) is 0.219. The fourth-order valence-electron chi connectivity index (χ4n) is 4.06. The Bertz CT molecular complexity index is 1360. The summed E-state index contributed by atoms with van der Waals surface area (Å²) in [6.07, 6.45) is 2.97. The van der Waals surface area contributed by atoms with Crippen LogP contribution in [-0.4, -0.2) is 35.2 Å². The summed E-state index contributed by atoms with van der Waals surface area (Å²) in [4.78, 5) is 13.3. The van der Waals surface area contributed by atoms with Crippen molar-refractivity contribution in [1.29, 1.82) is 5.26 Å². The molecule has 0 saturated carbocycles. The number of aromatic nitrogens is 2. The van der Waals surface area contributed by atoms with Crippen molar-refractivity contribution in [2.45, 2.75) is 26.2 Å². The van der Waals surface area contributed by atoms with Gasteiger partial charge in [0.05, 0.1) is 5.69 Å². The summed E-state index contributed by atoms with van der Waals surface area (Å²) in [5.41, 5.74) is 3.97. The summed E-state index contributed by atoms with van der Waals surface area (Å²) in [7, 11) is 0. The number of rotatable bonds is 12. The van der Waals surface area contributed by atoms with Crippen LogP contribution in [0.1, 0.15) is 45.6 Å². The average molecular weight is 512 g/mol. The van der Waals surface area contributed by atoms with Gasteiger partial charge in [0.1, 0.15) is 17.5 Å². The predicted octanol–water partition coefficient (Wildman–Crippen LogP) is 5.96. The highest BCUT2D eigenvalue weighted by molar-refractivity contribution is 6.30. The third-order valence-electron chi connectivity index (χ3n) is 6.08. The van der Waals surface area contributed by atoms with Crippen LogP contribution < -0.4 is 10.6 Å². The van der Waals surface area contributed by atoms with E-state index in [0.717, 1.165) is 37.9 Å². The van der Waals surface area contributed by atoms with E-state index in [9.17, 15) is 10.1 Å². The normalized spacial score (nSPS) is 10.7. The number of nitrogens with one attached hydrogen (secondary N) is 2. The molecule has 0 bridgehead atoms. The third-order valence-corrected chi connectivity index (χ3v) is 6.33. The Labute approximate surface area is 222 Å². The van der Waals surface area contributed by atoms with Gasteiger partial charge >= 0.3 is 0 Å². The van der Waals surface area contributed by atoms with Crippen LogP contribution in [0.2, 0.25) is 5.02 Å². The molecule has 3 aromatic carbocycles. The zero-order valence-electron chi connectivity index (χ0n) is 20.9. The van der Waals surface area contributed by atoms with E-state index in [2.05, 4.69) is 46.1 Å². The minimum Gasteiger partial charge on any atom is -0.369 e. The maximum Gasteiger partial charge on any atom is 0.214 e. The topological polar surface area (TPSA) is 82.7 Å². The van der Waals surface area contributed by atoms with E-state index in [-0.39, 0.29) is 17.0 Å². The van der Waals surface area contributed by atoms with Crippen LogP contribution in [0.3, 0.4) is 0 Å². The first kappa shape index (κ1) is 26.2. The number of carbonyl (C=O) groups excluding carboxylic acids is 1. The summed E-state index contributed by atoms with van der Waals surface area (Å²) >= 11 is 6.08. The van der Waals surface area contributed by atoms with Crippen LogP contribution in [-0.2, 0) is 6.42 Å². The summed E-state index contributed by atoms with van der Waals surface area (Å²) < 4.78 is 1.61. The zero-order chi connectivity index (χ0) is 26.0. The lowest BCUT2D eigenvalue weighted by atomic mass is 10.0. The number of halogens is 1. The molecule has 2 N–H and O–H groups in total. The van der Waals surface area contributed by atoms with Crippen LogP contribution >= 0.6 is 11.6 Å². The standard InChI is InChI=1S/C30H30ClN5O/c1-22-10-12-24(13-11-22)29(37)28-27(21-32)30(36(35-28)26-16-14-25(31)15-17-26)34-20-6-19-33-18-5-9-23-7-3-2-4-8-23/h2-4,7-8,10-17,33-34H,5-6,9,18-20H2,1H3. The fraction of sp³-hybridized carbons (Fsp3) is 0.233. The summed E-state index contributed by atoms with van der Waals surface area (Å²) in [6, 6.07) is 27.1. The van der Waals surface area contributed by atoms with Crippen molar-refractivity contribution in [3.05, 3.63) is 112 Å². The molecule has 0 spiro atoms. The Morgan fingerprint density at radius 1 is 0.946 bits per heavy atom. The van der Waals surface area contributed by atoms with Crippen molar-refractivity contribution in [3.8, 4) is 11.8 Å². The molecule has 0 aliphatic heterocycles. The highest BCUT2D eigenvalue weighted by atomic mass is 35.5. The number of carbonyl (C=O) groups is 1. The van der Waals surface area contributed by atoms with E-state index in [1.165, 1.54) is 5.56 Å². The minimum atomic E-state index is -0.285. The Balaban J connectivity index is 1.43. The molecular formula is C30H30ClN5O. The molecule has 0 aliphatic carbocycles. The van der Waals surface area contributed by atoms with Crippen LogP contribution in [0.15, 0.2) is 78.9 Å². The molecule has 0 radical (unpaired) electrons. The van der Waals surface area contributed by atoms with Crippen LogP contribution in [0.4, 0.5) is 5.82 Å². The lowest BCUT2D eigenvalue weighted by Crippen LogP contribution is -2.20. The second kappa shape index (κ2) is 12.9. The van der Waals surface area contributed by atoms with Crippen LogP contribution in [0.25, 0.3) is 5.69 Å². The van der Waals surface area contributed by atoms with Crippen molar-refractivity contribution in [1.82, 2.24) is 15.1 Å². The molecule has 0 unspecified atom stereocenters. The fourth-order valence-corrected chi connectivity index (χ4v) is 4.19. The first-order valence-electron chi connectivity index (χ1n) is 12.5. The molecule has 1 heterocycles. The monoisotopic (exact) mass is 511 g/mol. The molecule has 0 aliphatic rings. The van der Waals surface area contributed by atoms with Crippen molar-refractivity contribution in [2.75, 3.05) is 25.0 Å². The Morgan fingerprint density at radius 3 is 2.35 bits per heavy atom. The van der Waals surface area contributed by atoms with Gasteiger partial charge in [-0.3, -0.25) is 4.79 Å². The first-order valence-corrected chi connectivity index (χ1v) is 12.8. The summed E-state index contributed by atoms with van der Waals surface area (Å²) in [6.45, 7) is 4.37. The second-order valence-electron chi connectivity index (χ2n) is 8.89. The number of hydrogen-bond donors (Lipinski definition) is 2. The molecule has 188 valence electrons. The van der Waals surface area contributed by atoms with Crippen molar-refractivity contribution < 1.29 is 4.79 Å². The number of aryl methyl sites for hydroxylation is 2. The van der Waals surface area contributed by atoms with E-state index in [4.69, 9.17) is 11.6 Å². The lowest BCUT2D eigenvalue weighted by molar-refractivity contribution is 0.103. The Kier molecular flexibility index (Phi) is 9.09. The van der Waals surface area contributed by atoms with Crippen molar-refractivity contribution in [3.63, 3.8) is 0 Å². The molecule has 37 heavy (non-hydrogen) atoms. The zero-order valence-corrected chi connectivity index (χ0v) is 21.6. The van der Waals surface area contributed by atoms with Gasteiger partial charge in [-0.1, -0.05) is 71.8 Å². The van der Waals surface area contributed by atoms with E-state index in [1.54, 1.807) is 28.9 Å². The predicted molar refractivity (Wildman–Crippen MR) is 149 cm³/mol. The number of benzene rings is 3. The number of nitrogens with zero attached hydrogens (tertiary/aromatic N) is 3. The van der Waals surface area contributed by atoms with Gasteiger partial charge in [0, 0.05) is 17.1 Å². The molecular weight excluding hydrogens is 482 g/mol. The first-order chi connectivity index (χ1) is 18.1. The van der Waals surface area contributed by atoms with Gasteiger partial charge in [-0.15, -0.1) is 0 Å². The van der Waals surface area contributed by atoms with Crippen molar-refractivity contribution in [2.24, 2.45) is 0 Å². The smallest absolute Gasteiger partial charge is 0.214 e. The number of hydrogen-bond acceptors (Lipinski definition) is 5. The number of nitriles is 1. The molecule has 4 rings (SSSR count). The van der Waals surface area contributed by atoms with Gasteiger partial charge in [0.2, 0.25) is 5.78 Å². The molecule has 0 amide bonds. The molecule has 0 atom stereocenters. The molecule has 4 aromatic rings. The maximum absolute atomic E-state index is 13.3. The van der Waals surface area contributed by atoms with Gasteiger partial charge in [0.15, 0.2) is 5.69 Å².